The minimum Gasteiger partial charge on any atom is -0.478 e. The molecule has 35 heavy (non-hydrogen) atoms. The summed E-state index contributed by atoms with van der Waals surface area (Å²) in [6.07, 6.45) is 1.14. The van der Waals surface area contributed by atoms with Crippen LogP contribution in [0.25, 0.3) is 10.9 Å². The van der Waals surface area contributed by atoms with Gasteiger partial charge in [-0.3, -0.25) is 14.5 Å². The second-order valence-electron chi connectivity index (χ2n) is 8.48. The van der Waals surface area contributed by atoms with Crippen LogP contribution in [0.4, 0.5) is 11.5 Å². The van der Waals surface area contributed by atoms with Crippen LogP contribution in [0.3, 0.4) is 0 Å². The number of carbonyl (C=O) groups excluding carboxylic acids is 2. The highest BCUT2D eigenvalue weighted by molar-refractivity contribution is 7.09. The van der Waals surface area contributed by atoms with E-state index in [2.05, 4.69) is 15.5 Å². The van der Waals surface area contributed by atoms with E-state index >= 15 is 0 Å². The number of amides is 2. The Labute approximate surface area is 207 Å². The molecule has 1 saturated heterocycles. The van der Waals surface area contributed by atoms with Crippen molar-refractivity contribution in [1.82, 2.24) is 15.2 Å². The zero-order valence-corrected chi connectivity index (χ0v) is 20.4. The van der Waals surface area contributed by atoms with Crippen molar-refractivity contribution < 1.29 is 19.5 Å². The van der Waals surface area contributed by atoms with Crippen LogP contribution < -0.4 is 15.5 Å². The molecule has 1 fully saturated rings. The number of carbonyl (C=O) groups is 3. The molecule has 0 saturated carbocycles. The average Bonchev–Trinajstić information content (AvgIpc) is 3.36. The van der Waals surface area contributed by atoms with E-state index in [0.29, 0.717) is 68.1 Å². The number of carboxylic acids is 1. The van der Waals surface area contributed by atoms with Crippen molar-refractivity contribution in [3.63, 3.8) is 0 Å². The molecule has 9 nitrogen and oxygen atoms in total. The summed E-state index contributed by atoms with van der Waals surface area (Å²) in [5.41, 5.74) is 1.26. The van der Waals surface area contributed by atoms with Crippen molar-refractivity contribution in [2.45, 2.75) is 26.3 Å². The van der Waals surface area contributed by atoms with Gasteiger partial charge in [-0.25, -0.2) is 9.78 Å². The lowest BCUT2D eigenvalue weighted by Crippen LogP contribution is -2.49. The second-order valence-corrected chi connectivity index (χ2v) is 9.51. The van der Waals surface area contributed by atoms with Gasteiger partial charge in [0, 0.05) is 48.6 Å². The van der Waals surface area contributed by atoms with Crippen molar-refractivity contribution in [3.8, 4) is 0 Å². The highest BCUT2D eigenvalue weighted by atomic mass is 32.1. The number of hydrogen-bond acceptors (Lipinski definition) is 7. The first-order chi connectivity index (χ1) is 16.9. The van der Waals surface area contributed by atoms with Gasteiger partial charge in [-0.2, -0.15) is 0 Å². The molecule has 184 valence electrons. The maximum atomic E-state index is 12.3. The third kappa shape index (κ3) is 6.34. The monoisotopic (exact) mass is 495 g/mol. The van der Waals surface area contributed by atoms with Gasteiger partial charge in [0.15, 0.2) is 0 Å². The fourth-order valence-corrected chi connectivity index (χ4v) is 4.72. The molecule has 2 amide bonds. The van der Waals surface area contributed by atoms with Crippen LogP contribution in [0.1, 0.15) is 35.0 Å². The largest absolute Gasteiger partial charge is 0.478 e. The summed E-state index contributed by atoms with van der Waals surface area (Å²) in [7, 11) is 0. The Morgan fingerprint density at radius 1 is 1.09 bits per heavy atom. The molecule has 0 aliphatic carbocycles. The van der Waals surface area contributed by atoms with Crippen LogP contribution in [-0.2, 0) is 16.1 Å². The molecule has 0 radical (unpaired) electrons. The first-order valence-electron chi connectivity index (χ1n) is 11.7. The van der Waals surface area contributed by atoms with E-state index in [9.17, 15) is 19.5 Å². The third-order valence-electron chi connectivity index (χ3n) is 5.89. The summed E-state index contributed by atoms with van der Waals surface area (Å²) < 4.78 is 0. The number of pyridine rings is 1. The number of aromatic carboxylic acids is 1. The number of thiophene rings is 1. The highest BCUT2D eigenvalue weighted by Crippen LogP contribution is 2.27. The van der Waals surface area contributed by atoms with Gasteiger partial charge >= 0.3 is 5.97 Å². The number of nitrogens with zero attached hydrogens (tertiary/aromatic N) is 3. The molecule has 3 heterocycles. The first-order valence-corrected chi connectivity index (χ1v) is 12.5. The SMILES string of the molecule is CCCC(=O)Nc1ccc2nc(N3CCN(CC(=O)NCc4cccs4)CC3)cc(C(=O)O)c2c1. The molecule has 3 N–H and O–H groups in total. The van der Waals surface area contributed by atoms with Gasteiger partial charge in [0.05, 0.1) is 24.2 Å². The van der Waals surface area contributed by atoms with E-state index in [1.54, 1.807) is 35.6 Å². The molecule has 3 aromatic rings. The number of rotatable bonds is 9. The Morgan fingerprint density at radius 3 is 2.57 bits per heavy atom. The number of carboxylic acid groups (broad SMARTS) is 1. The van der Waals surface area contributed by atoms with Gasteiger partial charge in [0.25, 0.3) is 0 Å². The summed E-state index contributed by atoms with van der Waals surface area (Å²) in [6.45, 7) is 5.43. The molecule has 0 atom stereocenters. The fourth-order valence-electron chi connectivity index (χ4n) is 4.07. The third-order valence-corrected chi connectivity index (χ3v) is 6.77. The number of nitrogens with one attached hydrogen (secondary N) is 2. The standard InChI is InChI=1S/C25H29N5O4S/c1-2-4-23(31)27-17-6-7-21-19(13-17)20(25(33)34)14-22(28-21)30-10-8-29(9-11-30)16-24(32)26-15-18-5-3-12-35-18/h3,5-7,12-14H,2,4,8-11,15-16H2,1H3,(H,26,32)(H,27,31)(H,33,34). The van der Waals surface area contributed by atoms with E-state index < -0.39 is 5.97 Å². The summed E-state index contributed by atoms with van der Waals surface area (Å²) in [6, 6.07) is 10.7. The fraction of sp³-hybridized carbons (Fsp3) is 0.360. The Morgan fingerprint density at radius 2 is 1.89 bits per heavy atom. The molecule has 10 heteroatoms. The van der Waals surface area contributed by atoms with Gasteiger partial charge in [0.2, 0.25) is 11.8 Å². The van der Waals surface area contributed by atoms with E-state index in [-0.39, 0.29) is 17.4 Å². The number of aromatic nitrogens is 1. The molecule has 1 aliphatic heterocycles. The minimum atomic E-state index is -1.04. The van der Waals surface area contributed by atoms with Gasteiger partial charge in [-0.1, -0.05) is 13.0 Å². The maximum Gasteiger partial charge on any atom is 0.336 e. The summed E-state index contributed by atoms with van der Waals surface area (Å²) in [4.78, 5) is 46.2. The Hall–Kier alpha value is -3.50. The zero-order chi connectivity index (χ0) is 24.8. The van der Waals surface area contributed by atoms with E-state index in [4.69, 9.17) is 4.98 Å². The number of benzene rings is 1. The van der Waals surface area contributed by atoms with Crippen LogP contribution in [-0.4, -0.2) is 65.5 Å². The second kappa shape index (κ2) is 11.3. The van der Waals surface area contributed by atoms with Crippen molar-refractivity contribution in [2.24, 2.45) is 0 Å². The lowest BCUT2D eigenvalue weighted by molar-refractivity contribution is -0.122. The van der Waals surface area contributed by atoms with Gasteiger partial charge < -0.3 is 20.6 Å². The van der Waals surface area contributed by atoms with Crippen LogP contribution in [0.15, 0.2) is 41.8 Å². The summed E-state index contributed by atoms with van der Waals surface area (Å²) in [5.74, 6) is -0.562. The Kier molecular flexibility index (Phi) is 7.94. The van der Waals surface area contributed by atoms with E-state index in [1.807, 2.05) is 29.3 Å². The predicted molar refractivity (Wildman–Crippen MR) is 137 cm³/mol. The number of hydrogen-bond donors (Lipinski definition) is 3. The van der Waals surface area contributed by atoms with Gasteiger partial charge in [0.1, 0.15) is 5.82 Å². The smallest absolute Gasteiger partial charge is 0.336 e. The molecule has 4 rings (SSSR count). The zero-order valence-electron chi connectivity index (χ0n) is 19.6. The molecular formula is C25H29N5O4S. The predicted octanol–water partition coefficient (Wildman–Crippen LogP) is 3.17. The van der Waals surface area contributed by atoms with Crippen molar-refractivity contribution in [1.29, 1.82) is 0 Å². The van der Waals surface area contributed by atoms with Crippen LogP contribution in [0.5, 0.6) is 0 Å². The van der Waals surface area contributed by atoms with E-state index in [0.717, 1.165) is 11.3 Å². The van der Waals surface area contributed by atoms with Crippen molar-refractivity contribution in [2.75, 3.05) is 42.9 Å². The number of anilines is 2. The van der Waals surface area contributed by atoms with Crippen LogP contribution >= 0.6 is 11.3 Å². The first kappa shape index (κ1) is 24.6. The Balaban J connectivity index is 1.41. The average molecular weight is 496 g/mol. The topological polar surface area (TPSA) is 115 Å². The van der Waals surface area contributed by atoms with E-state index in [1.165, 1.54) is 0 Å². The molecule has 1 aromatic carbocycles. The van der Waals surface area contributed by atoms with Crippen molar-refractivity contribution >= 4 is 51.5 Å². The molecule has 2 aromatic heterocycles. The van der Waals surface area contributed by atoms with Gasteiger partial charge in [-0.05, 0) is 42.1 Å². The lowest BCUT2D eigenvalue weighted by atomic mass is 10.1. The molecule has 0 bridgehead atoms. The Bertz CT molecular complexity index is 1210. The summed E-state index contributed by atoms with van der Waals surface area (Å²) >= 11 is 1.62. The maximum absolute atomic E-state index is 12.3. The summed E-state index contributed by atoms with van der Waals surface area (Å²) in [5, 5.41) is 18.1. The number of fused-ring (bicyclic) bond motifs is 1. The van der Waals surface area contributed by atoms with Gasteiger partial charge in [-0.15, -0.1) is 11.3 Å². The lowest BCUT2D eigenvalue weighted by Gasteiger charge is -2.35. The van der Waals surface area contributed by atoms with Crippen molar-refractivity contribution in [3.05, 3.63) is 52.2 Å². The highest BCUT2D eigenvalue weighted by Gasteiger charge is 2.22. The van der Waals surface area contributed by atoms with Crippen LogP contribution in [0, 0.1) is 0 Å². The minimum absolute atomic E-state index is 0.00863. The quantitative estimate of drug-likeness (QED) is 0.418. The normalized spacial score (nSPS) is 14.1. The molecule has 1 aliphatic rings. The number of piperazine rings is 1. The molecule has 0 unspecified atom stereocenters. The molecule has 0 spiro atoms. The van der Waals surface area contributed by atoms with Crippen LogP contribution in [0.2, 0.25) is 0 Å². The molecular weight excluding hydrogens is 466 g/mol.